The minimum absolute atomic E-state index is 0.124. The third-order valence-corrected chi connectivity index (χ3v) is 2.72. The summed E-state index contributed by atoms with van der Waals surface area (Å²) in [6.45, 7) is 0. The van der Waals surface area contributed by atoms with Gasteiger partial charge in [0.2, 0.25) is 0 Å². The van der Waals surface area contributed by atoms with E-state index in [-0.39, 0.29) is 5.69 Å². The van der Waals surface area contributed by atoms with Gasteiger partial charge in [0.1, 0.15) is 11.5 Å². The first-order valence-electron chi connectivity index (χ1n) is 5.04. The van der Waals surface area contributed by atoms with Gasteiger partial charge in [0, 0.05) is 4.47 Å². The van der Waals surface area contributed by atoms with Gasteiger partial charge in [-0.05, 0) is 30.3 Å². The molecule has 1 amide bonds. The number of carbonyl (C=O) groups is 1. The number of anilines is 2. The zero-order chi connectivity index (χ0) is 13.1. The Morgan fingerprint density at radius 3 is 2.72 bits per heavy atom. The smallest absolute Gasteiger partial charge is 0.274 e. The van der Waals surface area contributed by atoms with E-state index in [1.165, 1.54) is 12.1 Å². The summed E-state index contributed by atoms with van der Waals surface area (Å²) < 4.78 is 13.5. The van der Waals surface area contributed by atoms with E-state index >= 15 is 0 Å². The lowest BCUT2D eigenvalue weighted by Gasteiger charge is -2.07. The van der Waals surface area contributed by atoms with Crippen molar-refractivity contribution in [3.8, 4) is 0 Å². The van der Waals surface area contributed by atoms with Crippen molar-refractivity contribution in [1.82, 2.24) is 4.98 Å². The first-order chi connectivity index (χ1) is 8.56. The maximum atomic E-state index is 12.7. The van der Waals surface area contributed by atoms with Crippen LogP contribution in [0.25, 0.3) is 0 Å². The second kappa shape index (κ2) is 5.14. The topological polar surface area (TPSA) is 68.0 Å². The van der Waals surface area contributed by atoms with Crippen LogP contribution >= 0.6 is 15.9 Å². The Morgan fingerprint density at radius 1 is 1.33 bits per heavy atom. The van der Waals surface area contributed by atoms with Crippen LogP contribution in [0, 0.1) is 5.82 Å². The number of aromatic nitrogens is 1. The van der Waals surface area contributed by atoms with Crippen molar-refractivity contribution < 1.29 is 9.18 Å². The average Bonchev–Trinajstić information content (AvgIpc) is 2.33. The summed E-state index contributed by atoms with van der Waals surface area (Å²) in [6.07, 6.45) is 0.986. The molecule has 92 valence electrons. The second-order valence-electron chi connectivity index (χ2n) is 3.55. The van der Waals surface area contributed by atoms with Crippen molar-refractivity contribution in [2.24, 2.45) is 0 Å². The number of nitrogens with two attached hydrogens (primary N) is 1. The highest BCUT2D eigenvalue weighted by molar-refractivity contribution is 9.10. The number of rotatable bonds is 2. The number of nitrogens with zero attached hydrogens (tertiary/aromatic N) is 1. The van der Waals surface area contributed by atoms with Crippen LogP contribution in [0.1, 0.15) is 10.5 Å². The van der Waals surface area contributed by atoms with E-state index in [1.807, 2.05) is 0 Å². The molecule has 6 heteroatoms. The minimum Gasteiger partial charge on any atom is -0.397 e. The van der Waals surface area contributed by atoms with Gasteiger partial charge in [-0.15, -0.1) is 0 Å². The van der Waals surface area contributed by atoms with Crippen LogP contribution in [-0.2, 0) is 0 Å². The molecule has 0 atom stereocenters. The number of amides is 1. The van der Waals surface area contributed by atoms with E-state index in [1.54, 1.807) is 18.2 Å². The molecule has 0 radical (unpaired) electrons. The molecule has 18 heavy (non-hydrogen) atoms. The van der Waals surface area contributed by atoms with E-state index in [0.717, 1.165) is 10.7 Å². The molecule has 3 N–H and O–H groups in total. The van der Waals surface area contributed by atoms with Crippen LogP contribution in [0.15, 0.2) is 41.0 Å². The number of nitrogen functional groups attached to an aromatic ring is 1. The van der Waals surface area contributed by atoms with Gasteiger partial charge in [0.05, 0.1) is 17.6 Å². The van der Waals surface area contributed by atoms with Gasteiger partial charge < -0.3 is 11.1 Å². The van der Waals surface area contributed by atoms with Crippen molar-refractivity contribution in [2.45, 2.75) is 0 Å². The molecule has 2 rings (SSSR count). The van der Waals surface area contributed by atoms with Crippen LogP contribution in [0.4, 0.5) is 15.8 Å². The van der Waals surface area contributed by atoms with Crippen molar-refractivity contribution in [3.63, 3.8) is 0 Å². The molecule has 0 spiro atoms. The van der Waals surface area contributed by atoms with Gasteiger partial charge in [-0.1, -0.05) is 15.9 Å². The lowest BCUT2D eigenvalue weighted by Crippen LogP contribution is -2.14. The molecule has 1 heterocycles. The van der Waals surface area contributed by atoms with Crippen LogP contribution in [0.2, 0.25) is 0 Å². The zero-order valence-corrected chi connectivity index (χ0v) is 10.7. The molecule has 0 unspecified atom stereocenters. The molecule has 1 aromatic heterocycles. The second-order valence-corrected chi connectivity index (χ2v) is 4.46. The zero-order valence-electron chi connectivity index (χ0n) is 9.15. The number of benzene rings is 1. The molecule has 0 bridgehead atoms. The molecule has 0 saturated heterocycles. The summed E-state index contributed by atoms with van der Waals surface area (Å²) >= 11 is 3.27. The highest BCUT2D eigenvalue weighted by atomic mass is 79.9. The summed E-state index contributed by atoms with van der Waals surface area (Å²) in [4.78, 5) is 15.5. The lowest BCUT2D eigenvalue weighted by molar-refractivity contribution is 0.102. The quantitative estimate of drug-likeness (QED) is 0.838. The molecule has 0 aliphatic heterocycles. The van der Waals surface area contributed by atoms with E-state index in [0.29, 0.717) is 11.4 Å². The fourth-order valence-corrected chi connectivity index (χ4v) is 1.72. The number of hydrogen-bond acceptors (Lipinski definition) is 3. The largest absolute Gasteiger partial charge is 0.397 e. The summed E-state index contributed by atoms with van der Waals surface area (Å²) in [5, 5.41) is 2.60. The highest BCUT2D eigenvalue weighted by Crippen LogP contribution is 2.23. The number of carbonyl (C=O) groups excluding carboxylic acids is 1. The highest BCUT2D eigenvalue weighted by Gasteiger charge is 2.09. The van der Waals surface area contributed by atoms with Crippen molar-refractivity contribution in [1.29, 1.82) is 0 Å². The van der Waals surface area contributed by atoms with Crippen molar-refractivity contribution in [3.05, 3.63) is 52.5 Å². The van der Waals surface area contributed by atoms with Crippen molar-refractivity contribution >= 4 is 33.2 Å². The van der Waals surface area contributed by atoms with Gasteiger partial charge in [-0.25, -0.2) is 9.37 Å². The summed E-state index contributed by atoms with van der Waals surface area (Å²) in [5.74, 6) is -0.932. The fraction of sp³-hybridized carbons (Fsp3) is 0. The molecular weight excluding hydrogens is 301 g/mol. The molecule has 0 saturated carbocycles. The SMILES string of the molecule is Nc1cc(Br)ccc1NC(=O)c1ccc(F)cn1. The molecule has 0 aliphatic carbocycles. The van der Waals surface area contributed by atoms with Gasteiger partial charge in [0.25, 0.3) is 5.91 Å². The van der Waals surface area contributed by atoms with Crippen LogP contribution in [-0.4, -0.2) is 10.9 Å². The third kappa shape index (κ3) is 2.84. The standard InChI is InChI=1S/C12H9BrFN3O/c13-7-1-3-10(9(15)5-7)17-12(18)11-4-2-8(14)6-16-11/h1-6H,15H2,(H,17,18). The number of halogens is 2. The molecular formula is C12H9BrFN3O. The minimum atomic E-state index is -0.491. The van der Waals surface area contributed by atoms with Gasteiger partial charge in [-0.2, -0.15) is 0 Å². The van der Waals surface area contributed by atoms with Crippen LogP contribution in [0.3, 0.4) is 0 Å². The summed E-state index contributed by atoms with van der Waals surface area (Å²) in [5.41, 5.74) is 6.78. The van der Waals surface area contributed by atoms with E-state index in [2.05, 4.69) is 26.2 Å². The van der Waals surface area contributed by atoms with Gasteiger partial charge in [0.15, 0.2) is 0 Å². The van der Waals surface area contributed by atoms with Gasteiger partial charge in [-0.3, -0.25) is 4.79 Å². The Balaban J connectivity index is 2.18. The first kappa shape index (κ1) is 12.5. The Kier molecular flexibility index (Phi) is 3.57. The number of nitrogens with one attached hydrogen (secondary N) is 1. The van der Waals surface area contributed by atoms with Crippen molar-refractivity contribution in [2.75, 3.05) is 11.1 Å². The summed E-state index contributed by atoms with van der Waals surface area (Å²) in [7, 11) is 0. The Hall–Kier alpha value is -1.95. The maximum Gasteiger partial charge on any atom is 0.274 e. The molecule has 2 aromatic rings. The third-order valence-electron chi connectivity index (χ3n) is 2.22. The molecule has 1 aromatic carbocycles. The van der Waals surface area contributed by atoms with E-state index in [9.17, 15) is 9.18 Å². The Labute approximate surface area is 111 Å². The predicted molar refractivity (Wildman–Crippen MR) is 70.7 cm³/mol. The molecule has 0 aliphatic rings. The normalized spacial score (nSPS) is 10.1. The van der Waals surface area contributed by atoms with Crippen LogP contribution in [0.5, 0.6) is 0 Å². The van der Waals surface area contributed by atoms with Crippen LogP contribution < -0.4 is 11.1 Å². The number of hydrogen-bond donors (Lipinski definition) is 2. The predicted octanol–water partition coefficient (Wildman–Crippen LogP) is 2.82. The first-order valence-corrected chi connectivity index (χ1v) is 5.83. The van der Waals surface area contributed by atoms with E-state index in [4.69, 9.17) is 5.73 Å². The monoisotopic (exact) mass is 309 g/mol. The van der Waals surface area contributed by atoms with Gasteiger partial charge >= 0.3 is 0 Å². The molecule has 4 nitrogen and oxygen atoms in total. The summed E-state index contributed by atoms with van der Waals surface area (Å²) in [6, 6.07) is 7.57. The Morgan fingerprint density at radius 2 is 2.11 bits per heavy atom. The lowest BCUT2D eigenvalue weighted by atomic mass is 10.2. The average molecular weight is 310 g/mol. The van der Waals surface area contributed by atoms with E-state index < -0.39 is 11.7 Å². The Bertz CT molecular complexity index is 586. The molecule has 0 fully saturated rings. The fourth-order valence-electron chi connectivity index (χ4n) is 1.34. The number of pyridine rings is 1. The maximum absolute atomic E-state index is 12.7.